The van der Waals surface area contributed by atoms with Crippen molar-refractivity contribution in [3.63, 3.8) is 0 Å². The van der Waals surface area contributed by atoms with Crippen LogP contribution in [0.25, 0.3) is 0 Å². The minimum atomic E-state index is -0.191. The zero-order valence-corrected chi connectivity index (χ0v) is 20.5. The first kappa shape index (κ1) is 27.1. The van der Waals surface area contributed by atoms with E-state index in [9.17, 15) is 4.39 Å². The molecule has 0 spiro atoms. The van der Waals surface area contributed by atoms with Crippen molar-refractivity contribution in [1.82, 2.24) is 20.4 Å². The summed E-state index contributed by atoms with van der Waals surface area (Å²) in [5, 5.41) is 6.84. The highest BCUT2D eigenvalue weighted by atomic mass is 127. The van der Waals surface area contributed by atoms with Crippen molar-refractivity contribution in [3.8, 4) is 0 Å². The first-order valence-corrected chi connectivity index (χ1v) is 10.1. The summed E-state index contributed by atoms with van der Waals surface area (Å²) in [6.07, 6.45) is 2.31. The lowest BCUT2D eigenvalue weighted by atomic mass is 10.2. The van der Waals surface area contributed by atoms with E-state index in [2.05, 4.69) is 53.2 Å². The van der Waals surface area contributed by atoms with E-state index in [1.54, 1.807) is 7.05 Å². The number of likely N-dealkylation sites (N-methyl/N-ethyl adjacent to an activating group) is 1. The van der Waals surface area contributed by atoms with Crippen LogP contribution in [0.5, 0.6) is 0 Å². The molecule has 1 atom stereocenters. The van der Waals surface area contributed by atoms with Crippen LogP contribution in [0.1, 0.15) is 39.2 Å². The Kier molecular flexibility index (Phi) is 15.4. The third-order valence-electron chi connectivity index (χ3n) is 4.76. The molecule has 0 aliphatic rings. The molecule has 1 aromatic carbocycles. The minimum Gasteiger partial charge on any atom is -0.355 e. The SMILES string of the molecule is CCN(CC)CCCC(C)NC(=NC)NCCN(C)Cc1ccc(F)cc1.I. The van der Waals surface area contributed by atoms with Crippen molar-refractivity contribution in [3.05, 3.63) is 35.6 Å². The summed E-state index contributed by atoms with van der Waals surface area (Å²) >= 11 is 0. The number of hydrogen-bond acceptors (Lipinski definition) is 3. The number of guanidine groups is 1. The van der Waals surface area contributed by atoms with E-state index in [0.717, 1.165) is 57.2 Å². The van der Waals surface area contributed by atoms with E-state index in [4.69, 9.17) is 0 Å². The van der Waals surface area contributed by atoms with Gasteiger partial charge in [-0.1, -0.05) is 26.0 Å². The summed E-state index contributed by atoms with van der Waals surface area (Å²) in [5.41, 5.74) is 1.11. The second-order valence-electron chi connectivity index (χ2n) is 7.08. The lowest BCUT2D eigenvalue weighted by Crippen LogP contribution is -2.44. The fourth-order valence-electron chi connectivity index (χ4n) is 3.01. The van der Waals surface area contributed by atoms with Gasteiger partial charge in [0.1, 0.15) is 5.82 Å². The Morgan fingerprint density at radius 2 is 1.79 bits per heavy atom. The zero-order valence-electron chi connectivity index (χ0n) is 18.2. The zero-order chi connectivity index (χ0) is 20.1. The highest BCUT2D eigenvalue weighted by molar-refractivity contribution is 14.0. The maximum Gasteiger partial charge on any atom is 0.191 e. The van der Waals surface area contributed by atoms with Crippen molar-refractivity contribution < 1.29 is 4.39 Å². The van der Waals surface area contributed by atoms with Crippen molar-refractivity contribution in [2.24, 2.45) is 4.99 Å². The molecule has 0 amide bonds. The summed E-state index contributed by atoms with van der Waals surface area (Å²) in [5.74, 6) is 0.657. The molecular formula is C21H39FIN5. The van der Waals surface area contributed by atoms with E-state index in [-0.39, 0.29) is 29.8 Å². The molecule has 0 radical (unpaired) electrons. The Bertz CT molecular complexity index is 534. The Hall–Kier alpha value is -0.930. The van der Waals surface area contributed by atoms with Gasteiger partial charge < -0.3 is 20.4 Å². The predicted molar refractivity (Wildman–Crippen MR) is 129 cm³/mol. The standard InChI is InChI=1S/C21H38FN5.HI/c1-6-27(7-2)15-8-9-18(3)25-21(23-4)24-14-16-26(5)17-19-10-12-20(22)13-11-19;/h10-13,18H,6-9,14-17H2,1-5H3,(H2,23,24,25);1H. The van der Waals surface area contributed by atoms with E-state index in [0.29, 0.717) is 6.04 Å². The number of halogens is 2. The van der Waals surface area contributed by atoms with Crippen LogP contribution in [-0.4, -0.2) is 68.6 Å². The van der Waals surface area contributed by atoms with Crippen LogP contribution in [0.15, 0.2) is 29.3 Å². The molecule has 0 saturated carbocycles. The van der Waals surface area contributed by atoms with Crippen LogP contribution in [0.2, 0.25) is 0 Å². The molecule has 1 aromatic rings. The van der Waals surface area contributed by atoms with Gasteiger partial charge >= 0.3 is 0 Å². The molecule has 7 heteroatoms. The van der Waals surface area contributed by atoms with Gasteiger partial charge in [0.15, 0.2) is 5.96 Å². The van der Waals surface area contributed by atoms with Crippen LogP contribution in [0.3, 0.4) is 0 Å². The molecule has 0 heterocycles. The van der Waals surface area contributed by atoms with E-state index < -0.39 is 0 Å². The van der Waals surface area contributed by atoms with Gasteiger partial charge in [-0.15, -0.1) is 24.0 Å². The fourth-order valence-corrected chi connectivity index (χ4v) is 3.01. The Morgan fingerprint density at radius 1 is 1.14 bits per heavy atom. The van der Waals surface area contributed by atoms with Gasteiger partial charge in [0.05, 0.1) is 0 Å². The number of aliphatic imine (C=N–C) groups is 1. The lowest BCUT2D eigenvalue weighted by molar-refractivity contribution is 0.292. The van der Waals surface area contributed by atoms with Crippen molar-refractivity contribution >= 4 is 29.9 Å². The Balaban J connectivity index is 0.00000729. The highest BCUT2D eigenvalue weighted by Crippen LogP contribution is 2.05. The predicted octanol–water partition coefficient (Wildman–Crippen LogP) is 3.55. The van der Waals surface area contributed by atoms with Crippen molar-refractivity contribution in [2.45, 2.75) is 46.2 Å². The summed E-state index contributed by atoms with van der Waals surface area (Å²) in [7, 11) is 3.87. The molecule has 0 aromatic heterocycles. The summed E-state index contributed by atoms with van der Waals surface area (Å²) in [6, 6.07) is 7.08. The van der Waals surface area contributed by atoms with Gasteiger partial charge in [0.2, 0.25) is 0 Å². The molecule has 28 heavy (non-hydrogen) atoms. The van der Waals surface area contributed by atoms with Gasteiger partial charge in [-0.3, -0.25) is 4.99 Å². The number of nitrogens with one attached hydrogen (secondary N) is 2. The van der Waals surface area contributed by atoms with Gasteiger partial charge in [0.25, 0.3) is 0 Å². The Labute approximate surface area is 188 Å². The third-order valence-corrected chi connectivity index (χ3v) is 4.76. The third kappa shape index (κ3) is 11.8. The van der Waals surface area contributed by atoms with Crippen LogP contribution in [0, 0.1) is 5.82 Å². The van der Waals surface area contributed by atoms with E-state index in [1.807, 2.05) is 12.1 Å². The lowest BCUT2D eigenvalue weighted by Gasteiger charge is -2.22. The van der Waals surface area contributed by atoms with Crippen LogP contribution in [-0.2, 0) is 6.54 Å². The number of benzene rings is 1. The second kappa shape index (κ2) is 15.9. The Morgan fingerprint density at radius 3 is 2.36 bits per heavy atom. The monoisotopic (exact) mass is 507 g/mol. The molecule has 162 valence electrons. The molecule has 0 aliphatic carbocycles. The normalized spacial score (nSPS) is 12.8. The van der Waals surface area contributed by atoms with Gasteiger partial charge in [0, 0.05) is 32.7 Å². The van der Waals surface area contributed by atoms with Gasteiger partial charge in [-0.05, 0) is 64.1 Å². The van der Waals surface area contributed by atoms with Gasteiger partial charge in [-0.25, -0.2) is 4.39 Å². The second-order valence-corrected chi connectivity index (χ2v) is 7.08. The maximum atomic E-state index is 13.0. The number of nitrogens with zero attached hydrogens (tertiary/aromatic N) is 3. The van der Waals surface area contributed by atoms with Crippen molar-refractivity contribution in [2.75, 3.05) is 46.8 Å². The molecule has 2 N–H and O–H groups in total. The van der Waals surface area contributed by atoms with E-state index in [1.165, 1.54) is 18.6 Å². The average molecular weight is 507 g/mol. The summed E-state index contributed by atoms with van der Waals surface area (Å²) < 4.78 is 13.0. The van der Waals surface area contributed by atoms with Gasteiger partial charge in [-0.2, -0.15) is 0 Å². The fraction of sp³-hybridized carbons (Fsp3) is 0.667. The molecule has 0 aliphatic heterocycles. The number of hydrogen-bond donors (Lipinski definition) is 2. The number of rotatable bonds is 12. The topological polar surface area (TPSA) is 42.9 Å². The van der Waals surface area contributed by atoms with Crippen LogP contribution >= 0.6 is 24.0 Å². The van der Waals surface area contributed by atoms with Crippen LogP contribution < -0.4 is 10.6 Å². The first-order valence-electron chi connectivity index (χ1n) is 10.1. The largest absolute Gasteiger partial charge is 0.355 e. The average Bonchev–Trinajstić information content (AvgIpc) is 2.66. The first-order chi connectivity index (χ1) is 13.0. The molecule has 1 rings (SSSR count). The molecule has 5 nitrogen and oxygen atoms in total. The molecular weight excluding hydrogens is 468 g/mol. The van der Waals surface area contributed by atoms with Crippen molar-refractivity contribution in [1.29, 1.82) is 0 Å². The molecule has 0 fully saturated rings. The quantitative estimate of drug-likeness (QED) is 0.258. The molecule has 1 unspecified atom stereocenters. The minimum absolute atomic E-state index is 0. The summed E-state index contributed by atoms with van der Waals surface area (Å²) in [6.45, 7) is 12.5. The van der Waals surface area contributed by atoms with Crippen LogP contribution in [0.4, 0.5) is 4.39 Å². The molecule has 0 saturated heterocycles. The smallest absolute Gasteiger partial charge is 0.191 e. The maximum absolute atomic E-state index is 13.0. The summed E-state index contributed by atoms with van der Waals surface area (Å²) in [4.78, 5) is 8.98. The highest BCUT2D eigenvalue weighted by Gasteiger charge is 2.07. The molecule has 0 bridgehead atoms. The van der Waals surface area contributed by atoms with E-state index >= 15 is 0 Å².